The summed E-state index contributed by atoms with van der Waals surface area (Å²) in [6.07, 6.45) is 1.45. The molecule has 1 heterocycles. The van der Waals surface area contributed by atoms with E-state index in [1.807, 2.05) is 38.1 Å². The van der Waals surface area contributed by atoms with E-state index in [1.54, 1.807) is 12.1 Å². The van der Waals surface area contributed by atoms with Crippen molar-refractivity contribution < 1.29 is 9.21 Å². The Labute approximate surface area is 105 Å². The first kappa shape index (κ1) is 12.1. The van der Waals surface area contributed by atoms with Crippen molar-refractivity contribution in [3.8, 4) is 0 Å². The van der Waals surface area contributed by atoms with Crippen molar-refractivity contribution in [3.05, 3.63) is 59.5 Å². The van der Waals surface area contributed by atoms with Gasteiger partial charge in [-0.3, -0.25) is 4.79 Å². The van der Waals surface area contributed by atoms with Gasteiger partial charge in [0.1, 0.15) is 0 Å². The predicted octanol–water partition coefficient (Wildman–Crippen LogP) is 2.74. The van der Waals surface area contributed by atoms with Gasteiger partial charge in [0.2, 0.25) is 0 Å². The van der Waals surface area contributed by atoms with Gasteiger partial charge < -0.3 is 4.42 Å². The molecule has 0 fully saturated rings. The van der Waals surface area contributed by atoms with Crippen LogP contribution in [0.3, 0.4) is 0 Å². The summed E-state index contributed by atoms with van der Waals surface area (Å²) < 4.78 is 4.97. The van der Waals surface area contributed by atoms with E-state index in [9.17, 15) is 4.79 Å². The van der Waals surface area contributed by atoms with Crippen LogP contribution in [0.25, 0.3) is 0 Å². The van der Waals surface area contributed by atoms with E-state index in [0.29, 0.717) is 0 Å². The van der Waals surface area contributed by atoms with Crippen LogP contribution in [0.4, 0.5) is 0 Å². The first-order chi connectivity index (χ1) is 8.66. The highest BCUT2D eigenvalue weighted by Crippen LogP contribution is 2.04. The molecule has 1 aromatic carbocycles. The van der Waals surface area contributed by atoms with E-state index < -0.39 is 0 Å². The van der Waals surface area contributed by atoms with E-state index in [4.69, 9.17) is 4.42 Å². The SMILES string of the molecule is CC(=NNC(=O)c1ccco1)c1ccc(C)cc1. The molecule has 0 saturated heterocycles. The Morgan fingerprint density at radius 1 is 1.22 bits per heavy atom. The minimum Gasteiger partial charge on any atom is -0.459 e. The van der Waals surface area contributed by atoms with Crippen molar-refractivity contribution in [2.24, 2.45) is 5.10 Å². The zero-order chi connectivity index (χ0) is 13.0. The second-order valence-electron chi connectivity index (χ2n) is 3.98. The summed E-state index contributed by atoms with van der Waals surface area (Å²) in [6.45, 7) is 3.86. The second kappa shape index (κ2) is 5.31. The molecule has 0 saturated carbocycles. The lowest BCUT2D eigenvalue weighted by Crippen LogP contribution is -2.18. The number of nitrogens with zero attached hydrogens (tertiary/aromatic N) is 1. The Morgan fingerprint density at radius 2 is 1.94 bits per heavy atom. The number of amides is 1. The summed E-state index contributed by atoms with van der Waals surface area (Å²) in [5.41, 5.74) is 5.36. The summed E-state index contributed by atoms with van der Waals surface area (Å²) in [7, 11) is 0. The van der Waals surface area contributed by atoms with Crippen molar-refractivity contribution >= 4 is 11.6 Å². The molecule has 0 aliphatic carbocycles. The van der Waals surface area contributed by atoms with Crippen LogP contribution < -0.4 is 5.43 Å². The quantitative estimate of drug-likeness (QED) is 0.664. The van der Waals surface area contributed by atoms with Crippen molar-refractivity contribution in [2.75, 3.05) is 0 Å². The van der Waals surface area contributed by atoms with Crippen molar-refractivity contribution in [2.45, 2.75) is 13.8 Å². The van der Waals surface area contributed by atoms with Gasteiger partial charge in [0.25, 0.3) is 0 Å². The fourth-order valence-corrected chi connectivity index (χ4v) is 1.46. The summed E-state index contributed by atoms with van der Waals surface area (Å²) >= 11 is 0. The van der Waals surface area contributed by atoms with E-state index in [-0.39, 0.29) is 11.7 Å². The third-order valence-electron chi connectivity index (χ3n) is 2.54. The van der Waals surface area contributed by atoms with Gasteiger partial charge >= 0.3 is 5.91 Å². The maximum absolute atomic E-state index is 11.6. The number of carbonyl (C=O) groups excluding carboxylic acids is 1. The van der Waals surface area contributed by atoms with E-state index in [2.05, 4.69) is 10.5 Å². The Morgan fingerprint density at radius 3 is 2.56 bits per heavy atom. The standard InChI is InChI=1S/C14H14N2O2/c1-10-5-7-12(8-6-10)11(2)15-16-14(17)13-4-3-9-18-13/h3-9H,1-2H3,(H,16,17). The molecular weight excluding hydrogens is 228 g/mol. The number of rotatable bonds is 3. The first-order valence-electron chi connectivity index (χ1n) is 5.62. The summed E-state index contributed by atoms with van der Waals surface area (Å²) in [5, 5.41) is 4.04. The molecule has 4 nitrogen and oxygen atoms in total. The molecule has 0 bridgehead atoms. The number of benzene rings is 1. The molecule has 0 aliphatic rings. The van der Waals surface area contributed by atoms with Gasteiger partial charge in [0.05, 0.1) is 12.0 Å². The number of carbonyl (C=O) groups is 1. The molecule has 92 valence electrons. The van der Waals surface area contributed by atoms with Gasteiger partial charge in [0.15, 0.2) is 5.76 Å². The number of hydrogen-bond acceptors (Lipinski definition) is 3. The Balaban J connectivity index is 2.05. The summed E-state index contributed by atoms with van der Waals surface area (Å²) in [6, 6.07) is 11.2. The predicted molar refractivity (Wildman–Crippen MR) is 69.6 cm³/mol. The number of furan rings is 1. The minimum absolute atomic E-state index is 0.246. The molecule has 0 unspecified atom stereocenters. The molecule has 1 N–H and O–H groups in total. The Bertz CT molecular complexity index is 554. The van der Waals surface area contributed by atoms with Gasteiger partial charge in [-0.15, -0.1) is 0 Å². The average molecular weight is 242 g/mol. The van der Waals surface area contributed by atoms with Gasteiger partial charge in [0, 0.05) is 0 Å². The molecule has 0 aliphatic heterocycles. The highest BCUT2D eigenvalue weighted by molar-refractivity contribution is 6.00. The average Bonchev–Trinajstić information content (AvgIpc) is 2.90. The van der Waals surface area contributed by atoms with E-state index >= 15 is 0 Å². The lowest BCUT2D eigenvalue weighted by Gasteiger charge is -2.02. The number of hydrogen-bond donors (Lipinski definition) is 1. The molecule has 0 radical (unpaired) electrons. The molecule has 1 aromatic heterocycles. The van der Waals surface area contributed by atoms with Gasteiger partial charge in [-0.1, -0.05) is 29.8 Å². The zero-order valence-corrected chi connectivity index (χ0v) is 10.3. The second-order valence-corrected chi connectivity index (χ2v) is 3.98. The summed E-state index contributed by atoms with van der Waals surface area (Å²) in [5.74, 6) is -0.109. The normalized spacial score (nSPS) is 11.3. The van der Waals surface area contributed by atoms with Crippen LogP contribution in [0.2, 0.25) is 0 Å². The molecule has 18 heavy (non-hydrogen) atoms. The fourth-order valence-electron chi connectivity index (χ4n) is 1.46. The number of hydrazone groups is 1. The van der Waals surface area contributed by atoms with Crippen LogP contribution in [0.5, 0.6) is 0 Å². The number of nitrogens with one attached hydrogen (secondary N) is 1. The van der Waals surface area contributed by atoms with Crippen molar-refractivity contribution in [3.63, 3.8) is 0 Å². The van der Waals surface area contributed by atoms with Crippen LogP contribution in [-0.4, -0.2) is 11.6 Å². The van der Waals surface area contributed by atoms with Crippen LogP contribution >= 0.6 is 0 Å². The molecule has 0 atom stereocenters. The molecule has 1 amide bonds. The minimum atomic E-state index is -0.355. The third-order valence-corrected chi connectivity index (χ3v) is 2.54. The molecule has 0 spiro atoms. The highest BCUT2D eigenvalue weighted by atomic mass is 16.3. The fraction of sp³-hybridized carbons (Fsp3) is 0.143. The summed E-state index contributed by atoms with van der Waals surface area (Å²) in [4.78, 5) is 11.6. The lowest BCUT2D eigenvalue weighted by molar-refractivity contribution is 0.0927. The van der Waals surface area contributed by atoms with Crippen LogP contribution in [0.1, 0.15) is 28.6 Å². The van der Waals surface area contributed by atoms with Crippen LogP contribution in [0, 0.1) is 6.92 Å². The maximum Gasteiger partial charge on any atom is 0.307 e. The van der Waals surface area contributed by atoms with Gasteiger partial charge in [-0.05, 0) is 31.5 Å². The third kappa shape index (κ3) is 2.85. The van der Waals surface area contributed by atoms with E-state index in [1.165, 1.54) is 11.8 Å². The molecule has 2 rings (SSSR count). The van der Waals surface area contributed by atoms with Crippen LogP contribution in [0.15, 0.2) is 52.2 Å². The van der Waals surface area contributed by atoms with Crippen LogP contribution in [-0.2, 0) is 0 Å². The Hall–Kier alpha value is -2.36. The topological polar surface area (TPSA) is 54.6 Å². The zero-order valence-electron chi connectivity index (χ0n) is 10.3. The van der Waals surface area contributed by atoms with Gasteiger partial charge in [-0.2, -0.15) is 5.10 Å². The molecular formula is C14H14N2O2. The first-order valence-corrected chi connectivity index (χ1v) is 5.62. The van der Waals surface area contributed by atoms with E-state index in [0.717, 1.165) is 11.3 Å². The Kier molecular flexibility index (Phi) is 3.57. The molecule has 4 heteroatoms. The maximum atomic E-state index is 11.6. The lowest BCUT2D eigenvalue weighted by atomic mass is 10.1. The van der Waals surface area contributed by atoms with Crippen molar-refractivity contribution in [1.29, 1.82) is 0 Å². The monoisotopic (exact) mass is 242 g/mol. The number of aryl methyl sites for hydroxylation is 1. The smallest absolute Gasteiger partial charge is 0.307 e. The largest absolute Gasteiger partial charge is 0.459 e. The van der Waals surface area contributed by atoms with Gasteiger partial charge in [-0.25, -0.2) is 5.43 Å². The van der Waals surface area contributed by atoms with Crippen molar-refractivity contribution in [1.82, 2.24) is 5.43 Å². The highest BCUT2D eigenvalue weighted by Gasteiger charge is 2.06. The molecule has 2 aromatic rings.